The van der Waals surface area contributed by atoms with Crippen LogP contribution in [0.1, 0.15) is 27.2 Å². The van der Waals surface area contributed by atoms with Crippen molar-refractivity contribution in [3.63, 3.8) is 0 Å². The molecule has 2 aliphatic carbocycles. The molecule has 0 aromatic carbocycles. The first kappa shape index (κ1) is 12.6. The first-order chi connectivity index (χ1) is 9.37. The zero-order chi connectivity index (χ0) is 14.4. The normalized spacial score (nSPS) is 56.0. The van der Waals surface area contributed by atoms with Crippen molar-refractivity contribution in [1.29, 1.82) is 0 Å². The van der Waals surface area contributed by atoms with E-state index in [1.54, 1.807) is 0 Å². The van der Waals surface area contributed by atoms with Crippen LogP contribution in [0.3, 0.4) is 0 Å². The molecule has 20 heavy (non-hydrogen) atoms. The lowest BCUT2D eigenvalue weighted by molar-refractivity contribution is -0.170. The Hall–Kier alpha value is -1.10. The van der Waals surface area contributed by atoms with Gasteiger partial charge < -0.3 is 14.6 Å². The number of ether oxygens (including phenoxy) is 2. The molecule has 0 bridgehead atoms. The van der Waals surface area contributed by atoms with Crippen molar-refractivity contribution in [3.05, 3.63) is 0 Å². The quantitative estimate of drug-likeness (QED) is 0.717. The van der Waals surface area contributed by atoms with E-state index in [2.05, 4.69) is 0 Å². The molecule has 4 aliphatic rings. The van der Waals surface area contributed by atoms with Crippen molar-refractivity contribution in [2.24, 2.45) is 35.0 Å². The van der Waals surface area contributed by atoms with Crippen LogP contribution in [-0.4, -0.2) is 35.4 Å². The molecule has 0 amide bonds. The lowest BCUT2D eigenvalue weighted by Gasteiger charge is -2.48. The molecule has 1 unspecified atom stereocenters. The average Bonchev–Trinajstić information content (AvgIpc) is 2.90. The Labute approximate surface area is 117 Å². The highest BCUT2D eigenvalue weighted by Gasteiger charge is 2.76. The monoisotopic (exact) mass is 280 g/mol. The summed E-state index contributed by atoms with van der Waals surface area (Å²) in [5.74, 6) is -1.01. The minimum absolute atomic E-state index is 0.00671. The van der Waals surface area contributed by atoms with Gasteiger partial charge in [0.2, 0.25) is 0 Å². The molecular weight excluding hydrogens is 260 g/mol. The van der Waals surface area contributed by atoms with Gasteiger partial charge >= 0.3 is 11.9 Å². The van der Waals surface area contributed by atoms with Crippen LogP contribution in [0.15, 0.2) is 0 Å². The van der Waals surface area contributed by atoms with Crippen molar-refractivity contribution in [2.75, 3.05) is 0 Å². The van der Waals surface area contributed by atoms with Gasteiger partial charge in [-0.3, -0.25) is 9.59 Å². The van der Waals surface area contributed by atoms with Crippen molar-refractivity contribution in [1.82, 2.24) is 0 Å². The zero-order valence-corrected chi connectivity index (χ0v) is 11.9. The standard InChI is InChI=1S/C15H20O5/c1-5(2)8-9-10-7(19-14(9)18)4-6-13(17)20-12(11(8)16)15(6,10)3/h5-12,16H,4H2,1-3H3/t6-,7-,8+,9+,10?,11-,12-,15+/m1/s1. The smallest absolute Gasteiger partial charge is 0.310 e. The van der Waals surface area contributed by atoms with Gasteiger partial charge in [-0.1, -0.05) is 20.8 Å². The largest absolute Gasteiger partial charge is 0.462 e. The molecule has 5 heteroatoms. The Morgan fingerprint density at radius 2 is 1.95 bits per heavy atom. The van der Waals surface area contributed by atoms with Crippen molar-refractivity contribution in [2.45, 2.75) is 45.5 Å². The maximum Gasteiger partial charge on any atom is 0.310 e. The van der Waals surface area contributed by atoms with E-state index in [-0.39, 0.29) is 47.6 Å². The Morgan fingerprint density at radius 3 is 2.60 bits per heavy atom. The number of hydrogen-bond acceptors (Lipinski definition) is 5. The summed E-state index contributed by atoms with van der Waals surface area (Å²) < 4.78 is 11.0. The van der Waals surface area contributed by atoms with Crippen LogP contribution in [0.4, 0.5) is 0 Å². The zero-order valence-electron chi connectivity index (χ0n) is 11.9. The lowest BCUT2D eigenvalue weighted by Crippen LogP contribution is -2.58. The van der Waals surface area contributed by atoms with Gasteiger partial charge in [0, 0.05) is 17.3 Å². The number of carbonyl (C=O) groups is 2. The highest BCUT2D eigenvalue weighted by atomic mass is 16.6. The third-order valence-electron chi connectivity index (χ3n) is 6.29. The van der Waals surface area contributed by atoms with Crippen LogP contribution >= 0.6 is 0 Å². The SMILES string of the molecule is CC(C)[C@@H]1[C@@H](O)[C@H]2OC(=O)[C@H]3C[C@H]4OC(=O)[C@@H]1C4[C@]32C. The van der Waals surface area contributed by atoms with Crippen molar-refractivity contribution < 1.29 is 24.2 Å². The van der Waals surface area contributed by atoms with Crippen LogP contribution < -0.4 is 0 Å². The maximum absolute atomic E-state index is 12.3. The summed E-state index contributed by atoms with van der Waals surface area (Å²) in [5.41, 5.74) is -0.455. The number of carbonyl (C=O) groups excluding carboxylic acids is 2. The minimum atomic E-state index is -0.778. The van der Waals surface area contributed by atoms with Gasteiger partial charge in [-0.15, -0.1) is 0 Å². The minimum Gasteiger partial charge on any atom is -0.462 e. The van der Waals surface area contributed by atoms with Crippen LogP contribution in [0.25, 0.3) is 0 Å². The second-order valence-electron chi connectivity index (χ2n) is 7.35. The molecule has 2 aliphatic heterocycles. The molecular formula is C15H20O5. The molecule has 0 aromatic heterocycles. The highest BCUT2D eigenvalue weighted by Crippen LogP contribution is 2.66. The van der Waals surface area contributed by atoms with Gasteiger partial charge in [-0.05, 0) is 12.3 Å². The van der Waals surface area contributed by atoms with E-state index in [1.807, 2.05) is 20.8 Å². The number of hydrogen-bond donors (Lipinski definition) is 1. The predicted molar refractivity (Wildman–Crippen MR) is 67.3 cm³/mol. The summed E-state index contributed by atoms with van der Waals surface area (Å²) in [5, 5.41) is 10.7. The third kappa shape index (κ3) is 1.15. The molecule has 2 saturated carbocycles. The fourth-order valence-electron chi connectivity index (χ4n) is 5.51. The lowest BCUT2D eigenvalue weighted by atomic mass is 9.55. The van der Waals surface area contributed by atoms with Crippen LogP contribution in [0.2, 0.25) is 0 Å². The molecule has 2 saturated heterocycles. The fraction of sp³-hybridized carbons (Fsp3) is 0.867. The maximum atomic E-state index is 12.3. The van der Waals surface area contributed by atoms with E-state index < -0.39 is 17.6 Å². The molecule has 4 fully saturated rings. The summed E-state index contributed by atoms with van der Waals surface area (Å²) in [7, 11) is 0. The Morgan fingerprint density at radius 1 is 1.25 bits per heavy atom. The van der Waals surface area contributed by atoms with Crippen LogP contribution in [0.5, 0.6) is 0 Å². The van der Waals surface area contributed by atoms with E-state index in [0.717, 1.165) is 0 Å². The van der Waals surface area contributed by atoms with Gasteiger partial charge in [0.25, 0.3) is 0 Å². The number of rotatable bonds is 1. The average molecular weight is 280 g/mol. The number of esters is 2. The van der Waals surface area contributed by atoms with Gasteiger partial charge in [0.1, 0.15) is 12.2 Å². The van der Waals surface area contributed by atoms with Gasteiger partial charge in [0.05, 0.1) is 17.9 Å². The summed E-state index contributed by atoms with van der Waals surface area (Å²) in [6, 6.07) is 0. The first-order valence-electron chi connectivity index (χ1n) is 7.46. The molecule has 0 aromatic rings. The van der Waals surface area contributed by atoms with E-state index >= 15 is 0 Å². The number of aliphatic hydroxyl groups excluding tert-OH is 1. The molecule has 2 heterocycles. The molecule has 1 N–H and O–H groups in total. The summed E-state index contributed by atoms with van der Waals surface area (Å²) in [4.78, 5) is 24.4. The molecule has 5 nitrogen and oxygen atoms in total. The van der Waals surface area contributed by atoms with E-state index in [9.17, 15) is 14.7 Å². The fourth-order valence-corrected chi connectivity index (χ4v) is 5.51. The van der Waals surface area contributed by atoms with Crippen molar-refractivity contribution >= 4 is 11.9 Å². The first-order valence-corrected chi connectivity index (χ1v) is 7.46. The molecule has 0 spiro atoms. The third-order valence-corrected chi connectivity index (χ3v) is 6.29. The number of aliphatic hydroxyl groups is 1. The molecule has 8 atom stereocenters. The molecule has 4 rings (SSSR count). The summed E-state index contributed by atoms with van der Waals surface area (Å²) >= 11 is 0. The van der Waals surface area contributed by atoms with Crippen LogP contribution in [-0.2, 0) is 19.1 Å². The summed E-state index contributed by atoms with van der Waals surface area (Å²) in [6.45, 7) is 5.99. The second-order valence-corrected chi connectivity index (χ2v) is 7.35. The van der Waals surface area contributed by atoms with E-state index in [1.165, 1.54) is 0 Å². The Kier molecular flexibility index (Phi) is 2.25. The van der Waals surface area contributed by atoms with E-state index in [4.69, 9.17) is 9.47 Å². The molecule has 110 valence electrons. The van der Waals surface area contributed by atoms with Gasteiger partial charge in [-0.25, -0.2) is 0 Å². The van der Waals surface area contributed by atoms with Crippen LogP contribution in [0, 0.1) is 35.0 Å². The topological polar surface area (TPSA) is 72.8 Å². The second kappa shape index (κ2) is 3.56. The highest BCUT2D eigenvalue weighted by molar-refractivity contribution is 5.82. The van der Waals surface area contributed by atoms with Gasteiger partial charge in [-0.2, -0.15) is 0 Å². The van der Waals surface area contributed by atoms with Gasteiger partial charge in [0.15, 0.2) is 0 Å². The van der Waals surface area contributed by atoms with E-state index in [0.29, 0.717) is 6.42 Å². The Bertz CT molecular complexity index is 498. The summed E-state index contributed by atoms with van der Waals surface area (Å²) in [6.07, 6.45) is -0.893. The predicted octanol–water partition coefficient (Wildman–Crippen LogP) is 0.742. The van der Waals surface area contributed by atoms with Crippen molar-refractivity contribution in [3.8, 4) is 0 Å². The molecule has 0 radical (unpaired) electrons. The Balaban J connectivity index is 1.87.